The third kappa shape index (κ3) is 1.81. The van der Waals surface area contributed by atoms with Crippen LogP contribution in [0.1, 0.15) is 22.1 Å². The van der Waals surface area contributed by atoms with Crippen molar-refractivity contribution in [3.8, 4) is 11.5 Å². The van der Waals surface area contributed by atoms with Crippen LogP contribution >= 0.6 is 0 Å². The Morgan fingerprint density at radius 2 is 2.20 bits per heavy atom. The molecule has 1 unspecified atom stereocenters. The lowest BCUT2D eigenvalue weighted by Gasteiger charge is -2.12. The van der Waals surface area contributed by atoms with Crippen molar-refractivity contribution in [1.29, 1.82) is 0 Å². The SMILES string of the molecule is COc1ccc2c(c1OC)C(=O)OC2Nc1ncn[nH]1. The number of cyclic esters (lactones) is 1. The van der Waals surface area contributed by atoms with Crippen molar-refractivity contribution >= 4 is 11.9 Å². The van der Waals surface area contributed by atoms with Gasteiger partial charge in [-0.25, -0.2) is 9.89 Å². The van der Waals surface area contributed by atoms with Crippen LogP contribution in [0.2, 0.25) is 0 Å². The van der Waals surface area contributed by atoms with Crippen LogP contribution in [0.25, 0.3) is 0 Å². The summed E-state index contributed by atoms with van der Waals surface area (Å²) in [6.07, 6.45) is 0.708. The Morgan fingerprint density at radius 1 is 1.35 bits per heavy atom. The number of H-pyrrole nitrogens is 1. The molecule has 1 aromatic carbocycles. The molecule has 1 aliphatic rings. The summed E-state index contributed by atoms with van der Waals surface area (Å²) in [4.78, 5) is 15.9. The number of carbonyl (C=O) groups excluding carboxylic acids is 1. The van der Waals surface area contributed by atoms with Crippen molar-refractivity contribution in [2.75, 3.05) is 19.5 Å². The number of methoxy groups -OCH3 is 2. The maximum atomic E-state index is 12.0. The second-order valence-corrected chi connectivity index (χ2v) is 4.03. The molecule has 0 spiro atoms. The number of aromatic amines is 1. The van der Waals surface area contributed by atoms with E-state index >= 15 is 0 Å². The van der Waals surface area contributed by atoms with Gasteiger partial charge in [0.1, 0.15) is 11.9 Å². The quantitative estimate of drug-likeness (QED) is 0.807. The Labute approximate surface area is 114 Å². The van der Waals surface area contributed by atoms with Gasteiger partial charge in [-0.1, -0.05) is 0 Å². The number of nitrogens with one attached hydrogen (secondary N) is 2. The van der Waals surface area contributed by atoms with E-state index < -0.39 is 12.2 Å². The lowest BCUT2D eigenvalue weighted by atomic mass is 10.1. The summed E-state index contributed by atoms with van der Waals surface area (Å²) < 4.78 is 15.7. The smallest absolute Gasteiger partial charge is 0.344 e. The zero-order chi connectivity index (χ0) is 14.1. The van der Waals surface area contributed by atoms with Crippen molar-refractivity contribution in [3.05, 3.63) is 29.6 Å². The summed E-state index contributed by atoms with van der Waals surface area (Å²) in [6, 6.07) is 3.46. The molecule has 20 heavy (non-hydrogen) atoms. The molecule has 8 heteroatoms. The van der Waals surface area contributed by atoms with Gasteiger partial charge in [-0.3, -0.25) is 0 Å². The molecule has 0 bridgehead atoms. The number of fused-ring (bicyclic) bond motifs is 1. The third-order valence-electron chi connectivity index (χ3n) is 2.97. The minimum Gasteiger partial charge on any atom is -0.493 e. The molecule has 0 aliphatic carbocycles. The second-order valence-electron chi connectivity index (χ2n) is 4.03. The van der Waals surface area contributed by atoms with Crippen molar-refractivity contribution in [2.45, 2.75) is 6.23 Å². The monoisotopic (exact) mass is 276 g/mol. The Balaban J connectivity index is 2.01. The highest BCUT2D eigenvalue weighted by atomic mass is 16.6. The van der Waals surface area contributed by atoms with Crippen molar-refractivity contribution in [1.82, 2.24) is 15.2 Å². The Bertz CT molecular complexity index is 641. The molecule has 1 aliphatic heterocycles. The average Bonchev–Trinajstić information content (AvgIpc) is 3.07. The van der Waals surface area contributed by atoms with Gasteiger partial charge in [0.15, 0.2) is 11.5 Å². The Kier molecular flexibility index (Phi) is 2.90. The van der Waals surface area contributed by atoms with Crippen LogP contribution < -0.4 is 14.8 Å². The fourth-order valence-corrected chi connectivity index (χ4v) is 2.11. The summed E-state index contributed by atoms with van der Waals surface area (Å²) in [7, 11) is 2.98. The molecule has 104 valence electrons. The first-order chi connectivity index (χ1) is 9.74. The number of hydrogen-bond acceptors (Lipinski definition) is 7. The van der Waals surface area contributed by atoms with Crippen LogP contribution in [0.4, 0.5) is 5.95 Å². The minimum absolute atomic E-state index is 0.351. The fraction of sp³-hybridized carbons (Fsp3) is 0.250. The van der Waals surface area contributed by atoms with Gasteiger partial charge < -0.3 is 19.5 Å². The minimum atomic E-state index is -0.648. The number of anilines is 1. The van der Waals surface area contributed by atoms with Gasteiger partial charge in [-0.2, -0.15) is 10.1 Å². The molecule has 3 rings (SSSR count). The van der Waals surface area contributed by atoms with Crippen LogP contribution in [0, 0.1) is 0 Å². The number of aromatic nitrogens is 3. The fourth-order valence-electron chi connectivity index (χ4n) is 2.11. The predicted octanol–water partition coefficient (Wildman–Crippen LogP) is 1.10. The van der Waals surface area contributed by atoms with E-state index in [0.29, 0.717) is 28.6 Å². The van der Waals surface area contributed by atoms with Crippen LogP contribution in [-0.2, 0) is 4.74 Å². The van der Waals surface area contributed by atoms with E-state index in [4.69, 9.17) is 14.2 Å². The second kappa shape index (κ2) is 4.72. The van der Waals surface area contributed by atoms with E-state index in [9.17, 15) is 4.79 Å². The van der Waals surface area contributed by atoms with Gasteiger partial charge in [0.05, 0.1) is 14.2 Å². The number of ether oxygens (including phenoxy) is 3. The van der Waals surface area contributed by atoms with E-state index in [1.807, 2.05) is 0 Å². The van der Waals surface area contributed by atoms with Crippen molar-refractivity contribution in [3.63, 3.8) is 0 Å². The van der Waals surface area contributed by atoms with Crippen molar-refractivity contribution < 1.29 is 19.0 Å². The van der Waals surface area contributed by atoms with Gasteiger partial charge >= 0.3 is 5.97 Å². The molecule has 2 N–H and O–H groups in total. The Morgan fingerprint density at radius 3 is 2.85 bits per heavy atom. The van der Waals surface area contributed by atoms with Crippen LogP contribution in [0.15, 0.2) is 18.5 Å². The molecule has 0 amide bonds. The Hall–Kier alpha value is -2.77. The number of carbonyl (C=O) groups is 1. The summed E-state index contributed by atoms with van der Waals surface area (Å²) in [6.45, 7) is 0. The largest absolute Gasteiger partial charge is 0.493 e. The first-order valence-corrected chi connectivity index (χ1v) is 5.82. The maximum absolute atomic E-state index is 12.0. The normalized spacial score (nSPS) is 16.5. The summed E-state index contributed by atoms with van der Waals surface area (Å²) in [5.74, 6) is 0.763. The lowest BCUT2D eigenvalue weighted by Crippen LogP contribution is -2.11. The van der Waals surface area contributed by atoms with E-state index in [2.05, 4.69) is 20.5 Å². The predicted molar refractivity (Wildman–Crippen MR) is 67.7 cm³/mol. The number of esters is 1. The number of rotatable bonds is 4. The number of hydrogen-bond donors (Lipinski definition) is 2. The highest BCUT2D eigenvalue weighted by Gasteiger charge is 2.36. The average molecular weight is 276 g/mol. The van der Waals surface area contributed by atoms with Gasteiger partial charge in [0, 0.05) is 5.56 Å². The molecule has 0 fully saturated rings. The van der Waals surface area contributed by atoms with Gasteiger partial charge in [-0.15, -0.1) is 0 Å². The first-order valence-electron chi connectivity index (χ1n) is 5.82. The zero-order valence-electron chi connectivity index (χ0n) is 10.8. The summed E-state index contributed by atoms with van der Waals surface area (Å²) in [5, 5.41) is 9.29. The molecule has 2 heterocycles. The molecule has 1 aromatic heterocycles. The van der Waals surface area contributed by atoms with Gasteiger partial charge in [0.2, 0.25) is 12.2 Å². The highest BCUT2D eigenvalue weighted by molar-refractivity contribution is 5.98. The summed E-state index contributed by atoms with van der Waals surface area (Å²) in [5.41, 5.74) is 1.01. The highest BCUT2D eigenvalue weighted by Crippen LogP contribution is 2.41. The standard InChI is InChI=1S/C12H12N4O4/c1-18-7-4-3-6-8(9(7)19-2)11(17)20-10(6)15-12-13-5-14-16-12/h3-5,10H,1-2H3,(H2,13,14,15,16). The lowest BCUT2D eigenvalue weighted by molar-refractivity contribution is 0.0434. The van der Waals surface area contributed by atoms with Crippen LogP contribution in [-0.4, -0.2) is 35.4 Å². The van der Waals surface area contributed by atoms with E-state index in [-0.39, 0.29) is 0 Å². The molecule has 0 saturated heterocycles. The molecule has 2 aromatic rings. The topological polar surface area (TPSA) is 98.4 Å². The third-order valence-corrected chi connectivity index (χ3v) is 2.97. The zero-order valence-corrected chi connectivity index (χ0v) is 10.8. The van der Waals surface area contributed by atoms with Crippen LogP contribution in [0.5, 0.6) is 11.5 Å². The number of benzene rings is 1. The van der Waals surface area contributed by atoms with E-state index in [1.54, 1.807) is 12.1 Å². The molecule has 0 saturated carbocycles. The van der Waals surface area contributed by atoms with Gasteiger partial charge in [-0.05, 0) is 12.1 Å². The first kappa shape index (κ1) is 12.3. The number of nitrogens with zero attached hydrogens (tertiary/aromatic N) is 2. The molecular formula is C12H12N4O4. The van der Waals surface area contributed by atoms with E-state index in [0.717, 1.165) is 0 Å². The van der Waals surface area contributed by atoms with E-state index in [1.165, 1.54) is 20.5 Å². The molecule has 8 nitrogen and oxygen atoms in total. The van der Waals surface area contributed by atoms with Gasteiger partial charge in [0.25, 0.3) is 0 Å². The molecule has 1 atom stereocenters. The summed E-state index contributed by atoms with van der Waals surface area (Å²) >= 11 is 0. The maximum Gasteiger partial charge on any atom is 0.344 e. The molecular weight excluding hydrogens is 264 g/mol. The van der Waals surface area contributed by atoms with Crippen LogP contribution in [0.3, 0.4) is 0 Å². The van der Waals surface area contributed by atoms with Crippen molar-refractivity contribution in [2.24, 2.45) is 0 Å². The molecule has 0 radical (unpaired) electrons.